The lowest BCUT2D eigenvalue weighted by Gasteiger charge is -2.19. The quantitative estimate of drug-likeness (QED) is 0.909. The summed E-state index contributed by atoms with van der Waals surface area (Å²) in [6, 6.07) is 15.2. The van der Waals surface area contributed by atoms with Gasteiger partial charge in [-0.2, -0.15) is 0 Å². The van der Waals surface area contributed by atoms with Crippen LogP contribution in [0.4, 0.5) is 5.69 Å². The molecule has 0 atom stereocenters. The molecule has 0 aliphatic carbocycles. The molecule has 0 bridgehead atoms. The third-order valence-corrected chi connectivity index (χ3v) is 4.21. The average molecular weight is 331 g/mol. The van der Waals surface area contributed by atoms with Crippen molar-refractivity contribution < 1.29 is 0 Å². The largest absolute Gasteiger partial charge is 0.384 e. The zero-order valence-electron chi connectivity index (χ0n) is 11.7. The van der Waals surface area contributed by atoms with Crippen LogP contribution in [0.5, 0.6) is 0 Å². The van der Waals surface area contributed by atoms with Crippen molar-refractivity contribution in [3.8, 4) is 0 Å². The molecule has 0 fully saturated rings. The Kier molecular flexibility index (Phi) is 4.08. The zero-order chi connectivity index (χ0) is 13.9. The number of nitrogens with zero attached hydrogens (tertiary/aromatic N) is 1. The summed E-state index contributed by atoms with van der Waals surface area (Å²) in [5.41, 5.74) is 5.55. The highest BCUT2D eigenvalue weighted by Crippen LogP contribution is 2.27. The van der Waals surface area contributed by atoms with Gasteiger partial charge in [0, 0.05) is 29.8 Å². The van der Waals surface area contributed by atoms with Gasteiger partial charge in [0.1, 0.15) is 0 Å². The Balaban J connectivity index is 1.70. The first-order valence-corrected chi connectivity index (χ1v) is 7.79. The second kappa shape index (κ2) is 5.98. The van der Waals surface area contributed by atoms with Gasteiger partial charge in [0.25, 0.3) is 0 Å². The summed E-state index contributed by atoms with van der Waals surface area (Å²) >= 11 is 3.53. The first-order chi connectivity index (χ1) is 9.72. The third kappa shape index (κ3) is 3.05. The summed E-state index contributed by atoms with van der Waals surface area (Å²) in [4.78, 5) is 2.36. The molecule has 0 unspecified atom stereocenters. The molecule has 20 heavy (non-hydrogen) atoms. The van der Waals surface area contributed by atoms with Crippen molar-refractivity contribution in [2.45, 2.75) is 19.5 Å². The highest BCUT2D eigenvalue weighted by atomic mass is 79.9. The summed E-state index contributed by atoms with van der Waals surface area (Å²) in [7, 11) is 2.18. The molecule has 2 aromatic rings. The summed E-state index contributed by atoms with van der Waals surface area (Å²) in [5.74, 6) is 0. The number of rotatable bonds is 4. The number of para-hydroxylation sites is 1. The van der Waals surface area contributed by atoms with Crippen LogP contribution in [0.2, 0.25) is 0 Å². The predicted molar refractivity (Wildman–Crippen MR) is 87.9 cm³/mol. The van der Waals surface area contributed by atoms with E-state index in [2.05, 4.69) is 75.7 Å². The third-order valence-electron chi connectivity index (χ3n) is 3.71. The maximum atomic E-state index is 3.53. The Morgan fingerprint density at radius 1 is 1.15 bits per heavy atom. The topological polar surface area (TPSA) is 15.3 Å². The van der Waals surface area contributed by atoms with Crippen LogP contribution in [-0.4, -0.2) is 18.5 Å². The molecular weight excluding hydrogens is 312 g/mol. The van der Waals surface area contributed by atoms with E-state index in [1.54, 1.807) is 0 Å². The fourth-order valence-corrected chi connectivity index (χ4v) is 3.28. The Labute approximate surface area is 128 Å². The standard InChI is InChI=1S/C17H19BrN2/c1-20(11-13-4-2-7-16(18)10-13)12-15-6-3-5-14-8-9-19-17(14)15/h2-7,10,19H,8-9,11-12H2,1H3. The van der Waals surface area contributed by atoms with E-state index in [1.165, 1.54) is 22.4 Å². The molecule has 3 heteroatoms. The number of hydrogen-bond acceptors (Lipinski definition) is 2. The van der Waals surface area contributed by atoms with Crippen molar-refractivity contribution in [2.75, 3.05) is 18.9 Å². The number of benzene rings is 2. The molecule has 104 valence electrons. The van der Waals surface area contributed by atoms with Crippen LogP contribution < -0.4 is 5.32 Å². The maximum Gasteiger partial charge on any atom is 0.0419 e. The van der Waals surface area contributed by atoms with Crippen LogP contribution in [0.3, 0.4) is 0 Å². The van der Waals surface area contributed by atoms with Gasteiger partial charge in [-0.15, -0.1) is 0 Å². The average Bonchev–Trinajstić information content (AvgIpc) is 2.88. The molecule has 0 amide bonds. The van der Waals surface area contributed by atoms with E-state index in [4.69, 9.17) is 0 Å². The Hall–Kier alpha value is -1.32. The number of halogens is 1. The maximum absolute atomic E-state index is 3.53. The Morgan fingerprint density at radius 3 is 2.85 bits per heavy atom. The number of anilines is 1. The fraction of sp³-hybridized carbons (Fsp3) is 0.294. The molecule has 2 nitrogen and oxygen atoms in total. The van der Waals surface area contributed by atoms with Gasteiger partial charge in [0.05, 0.1) is 0 Å². The van der Waals surface area contributed by atoms with Crippen LogP contribution in [0.25, 0.3) is 0 Å². The number of nitrogens with one attached hydrogen (secondary N) is 1. The van der Waals surface area contributed by atoms with Crippen LogP contribution in [0.15, 0.2) is 46.9 Å². The van der Waals surface area contributed by atoms with E-state index >= 15 is 0 Å². The Morgan fingerprint density at radius 2 is 2.00 bits per heavy atom. The molecule has 1 aliphatic heterocycles. The van der Waals surface area contributed by atoms with Crippen molar-refractivity contribution in [1.82, 2.24) is 4.90 Å². The smallest absolute Gasteiger partial charge is 0.0419 e. The molecule has 1 aliphatic rings. The minimum atomic E-state index is 0.961. The van der Waals surface area contributed by atoms with Crippen LogP contribution in [0, 0.1) is 0 Å². The molecule has 0 radical (unpaired) electrons. The van der Waals surface area contributed by atoms with E-state index in [-0.39, 0.29) is 0 Å². The van der Waals surface area contributed by atoms with Gasteiger partial charge in [-0.1, -0.05) is 46.3 Å². The monoisotopic (exact) mass is 330 g/mol. The molecule has 1 N–H and O–H groups in total. The first-order valence-electron chi connectivity index (χ1n) is 7.00. The molecule has 0 saturated carbocycles. The molecule has 0 saturated heterocycles. The summed E-state index contributed by atoms with van der Waals surface area (Å²) in [6.07, 6.45) is 1.15. The molecule has 0 spiro atoms. The SMILES string of the molecule is CN(Cc1cccc(Br)c1)Cc1cccc2c1NCC2. The van der Waals surface area contributed by atoms with Crippen molar-refractivity contribution in [3.05, 3.63) is 63.6 Å². The number of fused-ring (bicyclic) bond motifs is 1. The summed E-state index contributed by atoms with van der Waals surface area (Å²) < 4.78 is 1.14. The van der Waals surface area contributed by atoms with Crippen molar-refractivity contribution in [2.24, 2.45) is 0 Å². The highest BCUT2D eigenvalue weighted by Gasteiger charge is 2.14. The van der Waals surface area contributed by atoms with Gasteiger partial charge in [0.15, 0.2) is 0 Å². The van der Waals surface area contributed by atoms with Gasteiger partial charge in [-0.05, 0) is 42.3 Å². The van der Waals surface area contributed by atoms with E-state index in [1.807, 2.05) is 0 Å². The van der Waals surface area contributed by atoms with Crippen LogP contribution >= 0.6 is 15.9 Å². The van der Waals surface area contributed by atoms with E-state index in [0.717, 1.165) is 30.5 Å². The van der Waals surface area contributed by atoms with E-state index < -0.39 is 0 Å². The lowest BCUT2D eigenvalue weighted by Crippen LogP contribution is -2.18. The second-order valence-corrected chi connectivity index (χ2v) is 6.35. The van der Waals surface area contributed by atoms with Crippen molar-refractivity contribution >= 4 is 21.6 Å². The fourth-order valence-electron chi connectivity index (χ4n) is 2.84. The highest BCUT2D eigenvalue weighted by molar-refractivity contribution is 9.10. The molecule has 0 aromatic heterocycles. The van der Waals surface area contributed by atoms with Gasteiger partial charge in [0.2, 0.25) is 0 Å². The lowest BCUT2D eigenvalue weighted by molar-refractivity contribution is 0.319. The zero-order valence-corrected chi connectivity index (χ0v) is 13.3. The van der Waals surface area contributed by atoms with Crippen molar-refractivity contribution in [3.63, 3.8) is 0 Å². The number of hydrogen-bond donors (Lipinski definition) is 1. The van der Waals surface area contributed by atoms with E-state index in [0.29, 0.717) is 0 Å². The second-order valence-electron chi connectivity index (χ2n) is 5.43. The van der Waals surface area contributed by atoms with Gasteiger partial charge >= 0.3 is 0 Å². The molecular formula is C17H19BrN2. The Bertz CT molecular complexity index is 610. The van der Waals surface area contributed by atoms with Gasteiger partial charge < -0.3 is 5.32 Å². The minimum absolute atomic E-state index is 0.961. The van der Waals surface area contributed by atoms with Crippen LogP contribution in [0.1, 0.15) is 16.7 Å². The van der Waals surface area contributed by atoms with Gasteiger partial charge in [-0.25, -0.2) is 0 Å². The summed E-state index contributed by atoms with van der Waals surface area (Å²) in [5, 5.41) is 3.51. The van der Waals surface area contributed by atoms with Gasteiger partial charge in [-0.3, -0.25) is 4.90 Å². The predicted octanol–water partition coefficient (Wildman–Crippen LogP) is 4.05. The normalized spacial score (nSPS) is 13.3. The molecule has 1 heterocycles. The molecule has 3 rings (SSSR count). The summed E-state index contributed by atoms with van der Waals surface area (Å²) in [6.45, 7) is 3.01. The van der Waals surface area contributed by atoms with Crippen LogP contribution in [-0.2, 0) is 19.5 Å². The minimum Gasteiger partial charge on any atom is -0.384 e. The molecule has 2 aromatic carbocycles. The first kappa shape index (κ1) is 13.7. The lowest BCUT2D eigenvalue weighted by atomic mass is 10.1. The van der Waals surface area contributed by atoms with Crippen molar-refractivity contribution in [1.29, 1.82) is 0 Å². The van der Waals surface area contributed by atoms with E-state index in [9.17, 15) is 0 Å².